The number of aromatic nitrogens is 1. The van der Waals surface area contributed by atoms with Crippen LogP contribution in [-0.4, -0.2) is 15.6 Å². The number of anilines is 1. The summed E-state index contributed by atoms with van der Waals surface area (Å²) in [5.41, 5.74) is 10.1. The average Bonchev–Trinajstić information content (AvgIpc) is 2.75. The molecular formula is C16H14N2O2. The third-order valence-electron chi connectivity index (χ3n) is 3.38. The molecule has 0 aliphatic heterocycles. The van der Waals surface area contributed by atoms with Crippen LogP contribution < -0.4 is 5.73 Å². The van der Waals surface area contributed by atoms with E-state index in [4.69, 9.17) is 10.8 Å². The summed E-state index contributed by atoms with van der Waals surface area (Å²) in [7, 11) is 0. The van der Waals surface area contributed by atoms with Crippen LogP contribution in [0, 0.1) is 6.92 Å². The van der Waals surface area contributed by atoms with Gasteiger partial charge in [-0.1, -0.05) is 12.1 Å². The number of benzene rings is 2. The van der Waals surface area contributed by atoms with E-state index in [2.05, 4.69) is 6.07 Å². The van der Waals surface area contributed by atoms with Crippen molar-refractivity contribution in [3.63, 3.8) is 0 Å². The van der Waals surface area contributed by atoms with Gasteiger partial charge in [0.25, 0.3) is 0 Å². The smallest absolute Gasteiger partial charge is 0.335 e. The van der Waals surface area contributed by atoms with Gasteiger partial charge in [-0.05, 0) is 42.8 Å². The van der Waals surface area contributed by atoms with Gasteiger partial charge in [0.1, 0.15) is 0 Å². The molecule has 0 spiro atoms. The Labute approximate surface area is 116 Å². The van der Waals surface area contributed by atoms with Crippen LogP contribution in [0.25, 0.3) is 16.6 Å². The Hall–Kier alpha value is -2.75. The van der Waals surface area contributed by atoms with Crippen LogP contribution in [0.15, 0.2) is 48.7 Å². The summed E-state index contributed by atoms with van der Waals surface area (Å²) in [6.07, 6.45) is 1.86. The van der Waals surface area contributed by atoms with Crippen molar-refractivity contribution in [2.75, 3.05) is 5.73 Å². The van der Waals surface area contributed by atoms with E-state index in [1.807, 2.05) is 29.8 Å². The number of fused-ring (bicyclic) bond motifs is 1. The number of aromatic carboxylic acids is 1. The molecule has 3 aromatic rings. The Balaban J connectivity index is 2.18. The molecule has 20 heavy (non-hydrogen) atoms. The molecule has 0 radical (unpaired) electrons. The van der Waals surface area contributed by atoms with E-state index in [9.17, 15) is 4.79 Å². The van der Waals surface area contributed by atoms with Gasteiger partial charge in [-0.25, -0.2) is 4.79 Å². The average molecular weight is 266 g/mol. The maximum absolute atomic E-state index is 10.9. The quantitative estimate of drug-likeness (QED) is 0.748. The monoisotopic (exact) mass is 266 g/mol. The molecule has 0 fully saturated rings. The van der Waals surface area contributed by atoms with E-state index in [1.54, 1.807) is 24.3 Å². The van der Waals surface area contributed by atoms with Crippen molar-refractivity contribution in [2.24, 2.45) is 0 Å². The minimum absolute atomic E-state index is 0.273. The number of nitrogens with zero attached hydrogens (tertiary/aromatic N) is 1. The highest BCUT2D eigenvalue weighted by Crippen LogP contribution is 2.27. The minimum Gasteiger partial charge on any atom is -0.478 e. The summed E-state index contributed by atoms with van der Waals surface area (Å²) in [5, 5.41) is 9.93. The number of nitrogens with two attached hydrogens (primary N) is 1. The van der Waals surface area contributed by atoms with Gasteiger partial charge >= 0.3 is 5.97 Å². The van der Waals surface area contributed by atoms with Crippen LogP contribution in [-0.2, 0) is 0 Å². The number of rotatable bonds is 2. The summed E-state index contributed by atoms with van der Waals surface area (Å²) < 4.78 is 1.98. The van der Waals surface area contributed by atoms with Crippen molar-refractivity contribution in [3.05, 3.63) is 59.8 Å². The van der Waals surface area contributed by atoms with E-state index in [-0.39, 0.29) is 5.56 Å². The van der Waals surface area contributed by atoms with Gasteiger partial charge in [0, 0.05) is 17.3 Å². The Morgan fingerprint density at radius 1 is 1.15 bits per heavy atom. The number of carbonyl (C=O) groups is 1. The zero-order chi connectivity index (χ0) is 14.3. The second kappa shape index (κ2) is 4.42. The third-order valence-corrected chi connectivity index (χ3v) is 3.38. The zero-order valence-corrected chi connectivity index (χ0v) is 11.0. The Morgan fingerprint density at radius 2 is 1.85 bits per heavy atom. The first-order valence-electron chi connectivity index (χ1n) is 6.27. The molecule has 3 rings (SSSR count). The highest BCUT2D eigenvalue weighted by Gasteiger charge is 2.09. The van der Waals surface area contributed by atoms with Crippen molar-refractivity contribution < 1.29 is 9.90 Å². The lowest BCUT2D eigenvalue weighted by Crippen LogP contribution is -1.97. The van der Waals surface area contributed by atoms with E-state index in [0.29, 0.717) is 5.69 Å². The minimum atomic E-state index is -0.927. The topological polar surface area (TPSA) is 68.2 Å². The van der Waals surface area contributed by atoms with Gasteiger partial charge in [-0.3, -0.25) is 0 Å². The van der Waals surface area contributed by atoms with Crippen LogP contribution in [0.1, 0.15) is 15.9 Å². The van der Waals surface area contributed by atoms with Crippen molar-refractivity contribution in [1.82, 2.24) is 4.57 Å². The van der Waals surface area contributed by atoms with Crippen molar-refractivity contribution in [2.45, 2.75) is 6.92 Å². The molecule has 0 amide bonds. The Morgan fingerprint density at radius 3 is 2.50 bits per heavy atom. The number of carboxylic acids is 1. The molecule has 100 valence electrons. The fourth-order valence-electron chi connectivity index (χ4n) is 2.34. The van der Waals surface area contributed by atoms with Gasteiger partial charge in [-0.2, -0.15) is 0 Å². The van der Waals surface area contributed by atoms with Gasteiger partial charge in [0.2, 0.25) is 0 Å². The number of carboxylic acid groups (broad SMARTS) is 1. The summed E-state index contributed by atoms with van der Waals surface area (Å²) in [4.78, 5) is 10.9. The summed E-state index contributed by atoms with van der Waals surface area (Å²) in [6, 6.07) is 12.8. The molecule has 0 saturated carbocycles. The first kappa shape index (κ1) is 12.3. The van der Waals surface area contributed by atoms with Gasteiger partial charge < -0.3 is 15.4 Å². The van der Waals surface area contributed by atoms with Crippen LogP contribution in [0.4, 0.5) is 5.69 Å². The van der Waals surface area contributed by atoms with Crippen LogP contribution >= 0.6 is 0 Å². The highest BCUT2D eigenvalue weighted by atomic mass is 16.4. The Bertz CT molecular complexity index is 801. The molecule has 0 saturated heterocycles. The predicted octanol–water partition coefficient (Wildman–Crippen LogP) is 3.22. The van der Waals surface area contributed by atoms with Crippen LogP contribution in [0.2, 0.25) is 0 Å². The molecule has 4 heteroatoms. The molecule has 4 nitrogen and oxygen atoms in total. The van der Waals surface area contributed by atoms with E-state index < -0.39 is 5.97 Å². The van der Waals surface area contributed by atoms with E-state index in [0.717, 1.165) is 22.2 Å². The van der Waals surface area contributed by atoms with Gasteiger partial charge in [-0.15, -0.1) is 0 Å². The first-order chi connectivity index (χ1) is 9.56. The molecule has 1 aromatic heterocycles. The number of hydrogen-bond donors (Lipinski definition) is 2. The maximum Gasteiger partial charge on any atom is 0.335 e. The molecule has 1 heterocycles. The van der Waals surface area contributed by atoms with Crippen LogP contribution in [0.3, 0.4) is 0 Å². The number of aryl methyl sites for hydroxylation is 1. The molecule has 0 aliphatic rings. The second-order valence-electron chi connectivity index (χ2n) is 4.83. The zero-order valence-electron chi connectivity index (χ0n) is 11.0. The predicted molar refractivity (Wildman–Crippen MR) is 79.4 cm³/mol. The number of nitrogen functional groups attached to an aromatic ring is 1. The van der Waals surface area contributed by atoms with Crippen molar-refractivity contribution in [1.29, 1.82) is 0 Å². The molecule has 0 aliphatic carbocycles. The molecule has 0 unspecified atom stereocenters. The lowest BCUT2D eigenvalue weighted by molar-refractivity contribution is 0.0697. The third kappa shape index (κ3) is 1.91. The lowest BCUT2D eigenvalue weighted by atomic mass is 10.1. The molecule has 0 bridgehead atoms. The largest absolute Gasteiger partial charge is 0.478 e. The fraction of sp³-hybridized carbons (Fsp3) is 0.0625. The summed E-state index contributed by atoms with van der Waals surface area (Å²) in [5.74, 6) is -0.927. The van der Waals surface area contributed by atoms with Crippen molar-refractivity contribution >= 4 is 22.6 Å². The van der Waals surface area contributed by atoms with E-state index >= 15 is 0 Å². The van der Waals surface area contributed by atoms with Crippen molar-refractivity contribution in [3.8, 4) is 5.69 Å². The van der Waals surface area contributed by atoms with E-state index in [1.165, 1.54) is 0 Å². The van der Waals surface area contributed by atoms with Gasteiger partial charge in [0.15, 0.2) is 0 Å². The maximum atomic E-state index is 10.9. The summed E-state index contributed by atoms with van der Waals surface area (Å²) in [6.45, 7) is 2.03. The molecule has 2 aromatic carbocycles. The van der Waals surface area contributed by atoms with Gasteiger partial charge in [0.05, 0.1) is 16.8 Å². The standard InChI is InChI=1S/C16H14N2O2/c1-10-2-7-13-14(17)9-18(15(13)8-10)12-5-3-11(4-6-12)16(19)20/h2-9H,17H2,1H3,(H,19,20). The Kier molecular flexibility index (Phi) is 2.71. The SMILES string of the molecule is Cc1ccc2c(N)cn(-c3ccc(C(=O)O)cc3)c2c1. The molecule has 0 atom stereocenters. The lowest BCUT2D eigenvalue weighted by Gasteiger charge is -2.06. The normalized spacial score (nSPS) is 10.8. The van der Waals surface area contributed by atoms with Crippen LogP contribution in [0.5, 0.6) is 0 Å². The summed E-state index contributed by atoms with van der Waals surface area (Å²) >= 11 is 0. The fourth-order valence-corrected chi connectivity index (χ4v) is 2.34. The molecular weight excluding hydrogens is 252 g/mol. The highest BCUT2D eigenvalue weighted by molar-refractivity contribution is 5.93. The molecule has 3 N–H and O–H groups in total. The number of hydrogen-bond acceptors (Lipinski definition) is 2. The second-order valence-corrected chi connectivity index (χ2v) is 4.83. The first-order valence-corrected chi connectivity index (χ1v) is 6.27.